The Hall–Kier alpha value is -3.19. The van der Waals surface area contributed by atoms with Gasteiger partial charge in [0.25, 0.3) is 5.91 Å². The molecule has 132 valence electrons. The number of furan rings is 1. The third-order valence-corrected chi connectivity index (χ3v) is 4.11. The lowest BCUT2D eigenvalue weighted by atomic mass is 10.2. The first kappa shape index (κ1) is 16.3. The third-order valence-electron chi connectivity index (χ3n) is 4.11. The smallest absolute Gasteiger partial charge is 0.279 e. The van der Waals surface area contributed by atoms with Gasteiger partial charge in [0.15, 0.2) is 0 Å². The number of anilines is 1. The Morgan fingerprint density at radius 1 is 1.12 bits per heavy atom. The Bertz CT molecular complexity index is 891. The van der Waals surface area contributed by atoms with Crippen LogP contribution in [0.5, 0.6) is 0 Å². The Morgan fingerprint density at radius 2 is 2.00 bits per heavy atom. The Balaban J connectivity index is 1.45. The van der Waals surface area contributed by atoms with Gasteiger partial charge in [0.2, 0.25) is 0 Å². The largest absolute Gasteiger partial charge is 0.465 e. The molecule has 0 saturated carbocycles. The fourth-order valence-corrected chi connectivity index (χ4v) is 2.72. The summed E-state index contributed by atoms with van der Waals surface area (Å²) in [6.45, 7) is 3.02. The molecule has 4 heterocycles. The highest BCUT2D eigenvalue weighted by Gasteiger charge is 2.14. The number of hydrogen-bond donors (Lipinski definition) is 0. The summed E-state index contributed by atoms with van der Waals surface area (Å²) in [5.41, 5.74) is 1.17. The predicted molar refractivity (Wildman–Crippen MR) is 96.9 cm³/mol. The number of aromatic nitrogens is 3. The molecule has 0 aliphatic carbocycles. The molecule has 1 aliphatic heterocycles. The van der Waals surface area contributed by atoms with Crippen LogP contribution in [0.3, 0.4) is 0 Å². The van der Waals surface area contributed by atoms with E-state index in [-0.39, 0.29) is 5.91 Å². The van der Waals surface area contributed by atoms with Gasteiger partial charge in [0.1, 0.15) is 11.6 Å². The molecule has 1 aliphatic rings. The number of carbonyl (C=O) groups excluding carboxylic acids is 1. The molecule has 7 heteroatoms. The zero-order chi connectivity index (χ0) is 17.8. The summed E-state index contributed by atoms with van der Waals surface area (Å²) in [7, 11) is 0. The van der Waals surface area contributed by atoms with Crippen LogP contribution in [-0.2, 0) is 4.74 Å². The first-order valence-electron chi connectivity index (χ1n) is 8.40. The Labute approximate surface area is 150 Å². The van der Waals surface area contributed by atoms with E-state index in [1.54, 1.807) is 42.9 Å². The summed E-state index contributed by atoms with van der Waals surface area (Å²) in [5.74, 6) is 1.37. The average molecular weight is 350 g/mol. The van der Waals surface area contributed by atoms with Crippen molar-refractivity contribution in [2.24, 2.45) is 0 Å². The lowest BCUT2D eigenvalue weighted by molar-refractivity contribution is 0.0944. The molecule has 7 nitrogen and oxygen atoms in total. The Morgan fingerprint density at radius 3 is 2.73 bits per heavy atom. The second kappa shape index (κ2) is 7.37. The molecule has 0 aromatic carbocycles. The zero-order valence-corrected chi connectivity index (χ0v) is 14.1. The van der Waals surface area contributed by atoms with Crippen molar-refractivity contribution in [3.8, 4) is 0 Å². The van der Waals surface area contributed by atoms with Crippen molar-refractivity contribution >= 4 is 23.9 Å². The first-order chi connectivity index (χ1) is 12.8. The van der Waals surface area contributed by atoms with Gasteiger partial charge in [-0.3, -0.25) is 4.79 Å². The molecule has 1 saturated heterocycles. The molecule has 0 amide bonds. The minimum atomic E-state index is -0.219. The van der Waals surface area contributed by atoms with Crippen LogP contribution in [0.2, 0.25) is 0 Å². The number of carbonyl (C=O) groups is 1. The lowest BCUT2D eigenvalue weighted by Crippen LogP contribution is -2.36. The normalized spacial score (nSPS) is 14.8. The molecular formula is C19H18N4O3. The van der Waals surface area contributed by atoms with Crippen LogP contribution >= 0.6 is 0 Å². The van der Waals surface area contributed by atoms with Gasteiger partial charge >= 0.3 is 0 Å². The van der Waals surface area contributed by atoms with Gasteiger partial charge in [-0.1, -0.05) is 0 Å². The fourth-order valence-electron chi connectivity index (χ4n) is 2.72. The molecular weight excluding hydrogens is 332 g/mol. The number of nitrogens with zero attached hydrogens (tertiary/aromatic N) is 4. The average Bonchev–Trinajstić information content (AvgIpc) is 3.38. The first-order valence-corrected chi connectivity index (χ1v) is 8.40. The molecule has 3 aromatic rings. The minimum absolute atomic E-state index is 0.219. The molecule has 1 fully saturated rings. The molecule has 0 N–H and O–H groups in total. The van der Waals surface area contributed by atoms with Crippen LogP contribution in [0.4, 0.5) is 5.82 Å². The van der Waals surface area contributed by atoms with Crippen LogP contribution in [0.25, 0.3) is 12.2 Å². The van der Waals surface area contributed by atoms with E-state index in [0.29, 0.717) is 24.5 Å². The number of rotatable bonds is 4. The second-order valence-corrected chi connectivity index (χ2v) is 5.84. The van der Waals surface area contributed by atoms with Gasteiger partial charge in [-0.25, -0.2) is 9.67 Å². The van der Waals surface area contributed by atoms with Gasteiger partial charge < -0.3 is 14.1 Å². The van der Waals surface area contributed by atoms with Gasteiger partial charge in [-0.2, -0.15) is 5.10 Å². The predicted octanol–water partition coefficient (Wildman–Crippen LogP) is 2.57. The van der Waals surface area contributed by atoms with Crippen LogP contribution in [0.1, 0.15) is 21.8 Å². The van der Waals surface area contributed by atoms with E-state index in [1.807, 2.05) is 18.2 Å². The van der Waals surface area contributed by atoms with Crippen LogP contribution < -0.4 is 4.90 Å². The standard InChI is InChI=1S/C19H18N4O3/c24-19(15-3-6-18(20-14-15)22-9-12-25-13-10-22)23-8-7-16(21-23)4-5-17-2-1-11-26-17/h1-8,11,14H,9-10,12-13H2/b5-4+. The molecule has 4 rings (SSSR count). The van der Waals surface area contributed by atoms with E-state index in [4.69, 9.17) is 9.15 Å². The van der Waals surface area contributed by atoms with E-state index in [1.165, 1.54) is 4.68 Å². The number of hydrogen-bond acceptors (Lipinski definition) is 6. The zero-order valence-electron chi connectivity index (χ0n) is 14.1. The Kier molecular flexibility index (Phi) is 4.61. The second-order valence-electron chi connectivity index (χ2n) is 5.84. The maximum Gasteiger partial charge on any atom is 0.279 e. The van der Waals surface area contributed by atoms with Gasteiger partial charge in [0.05, 0.1) is 30.7 Å². The summed E-state index contributed by atoms with van der Waals surface area (Å²) in [5, 5.41) is 4.28. The minimum Gasteiger partial charge on any atom is -0.465 e. The van der Waals surface area contributed by atoms with Crippen molar-refractivity contribution in [3.63, 3.8) is 0 Å². The number of ether oxygens (including phenoxy) is 1. The summed E-state index contributed by atoms with van der Waals surface area (Å²) in [6.07, 6.45) is 8.43. The van der Waals surface area contributed by atoms with Crippen LogP contribution in [0, 0.1) is 0 Å². The van der Waals surface area contributed by atoms with Gasteiger partial charge in [-0.05, 0) is 42.5 Å². The quantitative estimate of drug-likeness (QED) is 0.720. The van der Waals surface area contributed by atoms with Crippen LogP contribution in [-0.4, -0.2) is 47.0 Å². The third kappa shape index (κ3) is 3.57. The maximum atomic E-state index is 12.6. The van der Waals surface area contributed by atoms with Crippen LogP contribution in [0.15, 0.2) is 53.4 Å². The van der Waals surface area contributed by atoms with E-state index >= 15 is 0 Å². The van der Waals surface area contributed by atoms with E-state index in [9.17, 15) is 4.79 Å². The molecule has 0 spiro atoms. The van der Waals surface area contributed by atoms with Crippen molar-refractivity contribution < 1.29 is 13.9 Å². The van der Waals surface area contributed by atoms with E-state index in [0.717, 1.165) is 24.7 Å². The van der Waals surface area contributed by atoms with Crippen molar-refractivity contribution in [2.75, 3.05) is 31.2 Å². The van der Waals surface area contributed by atoms with Gasteiger partial charge in [0, 0.05) is 25.5 Å². The highest BCUT2D eigenvalue weighted by Crippen LogP contribution is 2.14. The molecule has 0 bridgehead atoms. The lowest BCUT2D eigenvalue weighted by Gasteiger charge is -2.27. The summed E-state index contributed by atoms with van der Waals surface area (Å²) in [4.78, 5) is 19.1. The number of pyridine rings is 1. The molecule has 0 atom stereocenters. The van der Waals surface area contributed by atoms with Gasteiger partial charge in [-0.15, -0.1) is 0 Å². The fraction of sp³-hybridized carbons (Fsp3) is 0.211. The molecule has 0 unspecified atom stereocenters. The summed E-state index contributed by atoms with van der Waals surface area (Å²) >= 11 is 0. The molecule has 26 heavy (non-hydrogen) atoms. The molecule has 0 radical (unpaired) electrons. The highest BCUT2D eigenvalue weighted by molar-refractivity contribution is 5.95. The number of morpholine rings is 1. The van der Waals surface area contributed by atoms with Crippen molar-refractivity contribution in [1.29, 1.82) is 0 Å². The van der Waals surface area contributed by atoms with Crippen molar-refractivity contribution in [3.05, 3.63) is 66.0 Å². The summed E-state index contributed by atoms with van der Waals surface area (Å²) in [6, 6.07) is 9.07. The van der Waals surface area contributed by atoms with E-state index in [2.05, 4.69) is 15.0 Å². The monoisotopic (exact) mass is 350 g/mol. The highest BCUT2D eigenvalue weighted by atomic mass is 16.5. The van der Waals surface area contributed by atoms with E-state index < -0.39 is 0 Å². The molecule has 3 aromatic heterocycles. The maximum absolute atomic E-state index is 12.6. The van der Waals surface area contributed by atoms with Crippen molar-refractivity contribution in [2.45, 2.75) is 0 Å². The summed E-state index contributed by atoms with van der Waals surface area (Å²) < 4.78 is 11.9. The SMILES string of the molecule is O=C(c1ccc(N2CCOCC2)nc1)n1ccc(/C=C/c2ccco2)n1. The topological polar surface area (TPSA) is 73.4 Å². The van der Waals surface area contributed by atoms with Crippen molar-refractivity contribution in [1.82, 2.24) is 14.8 Å².